The summed E-state index contributed by atoms with van der Waals surface area (Å²) in [5.41, 5.74) is 4.15. The quantitative estimate of drug-likeness (QED) is 0.252. The number of amides is 2. The maximum absolute atomic E-state index is 14.1. The van der Waals surface area contributed by atoms with Crippen LogP contribution in [0.2, 0.25) is 0 Å². The van der Waals surface area contributed by atoms with Crippen molar-refractivity contribution in [2.24, 2.45) is 17.8 Å². The van der Waals surface area contributed by atoms with Gasteiger partial charge in [0.05, 0.1) is 23.4 Å². The topological polar surface area (TPSA) is 117 Å². The van der Waals surface area contributed by atoms with E-state index in [0.717, 1.165) is 16.9 Å². The van der Waals surface area contributed by atoms with E-state index in [1.54, 1.807) is 31.2 Å². The predicted molar refractivity (Wildman–Crippen MR) is 155 cm³/mol. The van der Waals surface area contributed by atoms with Crippen molar-refractivity contribution in [2.45, 2.75) is 32.3 Å². The number of carbonyl (C=O) groups is 4. The fourth-order valence-corrected chi connectivity index (χ4v) is 6.96. The predicted octanol–water partition coefficient (Wildman–Crippen LogP) is 5.15. The van der Waals surface area contributed by atoms with Gasteiger partial charge in [0.1, 0.15) is 18.1 Å². The van der Waals surface area contributed by atoms with Gasteiger partial charge in [-0.2, -0.15) is 0 Å². The van der Waals surface area contributed by atoms with Crippen LogP contribution in [0.1, 0.15) is 37.2 Å². The Kier molecular flexibility index (Phi) is 6.17. The number of anilines is 3. The lowest BCUT2D eigenvalue weighted by Gasteiger charge is -2.41. The van der Waals surface area contributed by atoms with E-state index in [1.165, 1.54) is 11.0 Å². The van der Waals surface area contributed by atoms with Crippen LogP contribution < -0.4 is 10.2 Å². The second-order valence-electron chi connectivity index (χ2n) is 11.2. The molecule has 2 heterocycles. The third-order valence-corrected chi connectivity index (χ3v) is 8.88. The number of furan rings is 1. The number of carbonyl (C=O) groups excluding carboxylic acids is 4. The van der Waals surface area contributed by atoms with Crippen LogP contribution in [0.15, 0.2) is 106 Å². The highest BCUT2D eigenvalue weighted by molar-refractivity contribution is 6.25. The number of allylic oxidation sites excluding steroid dienone is 6. The molecular weight excluding hydrogens is 532 g/mol. The molecule has 0 saturated carbocycles. The van der Waals surface area contributed by atoms with Crippen molar-refractivity contribution < 1.29 is 28.7 Å². The van der Waals surface area contributed by atoms with Gasteiger partial charge >= 0.3 is 0 Å². The molecule has 4 aliphatic rings. The number of hydrogen-bond acceptors (Lipinski definition) is 7. The van der Waals surface area contributed by atoms with E-state index in [9.17, 15) is 24.3 Å². The Bertz CT molecular complexity index is 1740. The Morgan fingerprint density at radius 3 is 2.36 bits per heavy atom. The number of aliphatic hydroxyl groups is 1. The molecule has 210 valence electrons. The lowest BCUT2D eigenvalue weighted by Crippen LogP contribution is -2.39. The van der Waals surface area contributed by atoms with E-state index >= 15 is 0 Å². The smallest absolute Gasteiger partial charge is 0.238 e. The first-order valence-corrected chi connectivity index (χ1v) is 14.1. The lowest BCUT2D eigenvalue weighted by atomic mass is 9.60. The van der Waals surface area contributed by atoms with Crippen molar-refractivity contribution in [3.63, 3.8) is 0 Å². The Labute approximate surface area is 242 Å². The zero-order valence-electron chi connectivity index (χ0n) is 22.9. The first-order chi connectivity index (χ1) is 20.4. The molecule has 0 bridgehead atoms. The number of aliphatic hydroxyl groups excluding tert-OH is 1. The zero-order valence-corrected chi connectivity index (χ0v) is 22.9. The number of Topliss-reactive ketones (excluding diaryl/α,β-unsaturated/α-hetero) is 1. The molecule has 8 heteroatoms. The fourth-order valence-electron chi connectivity index (χ4n) is 6.96. The van der Waals surface area contributed by atoms with Gasteiger partial charge in [0.2, 0.25) is 11.8 Å². The molecule has 2 N–H and O–H groups in total. The molecular formula is C34H28N2O6. The van der Waals surface area contributed by atoms with Gasteiger partial charge in [-0.05, 0) is 80.3 Å². The number of hydrogen-bond donors (Lipinski definition) is 2. The molecule has 1 saturated heterocycles. The van der Waals surface area contributed by atoms with Crippen molar-refractivity contribution in [1.82, 2.24) is 0 Å². The van der Waals surface area contributed by atoms with Crippen molar-refractivity contribution in [1.29, 1.82) is 0 Å². The van der Waals surface area contributed by atoms with Crippen LogP contribution in [-0.2, 0) is 25.8 Å². The van der Waals surface area contributed by atoms with Crippen LogP contribution >= 0.6 is 0 Å². The molecule has 2 aromatic carbocycles. The maximum Gasteiger partial charge on any atom is 0.238 e. The molecule has 2 amide bonds. The molecule has 0 unspecified atom stereocenters. The van der Waals surface area contributed by atoms with E-state index < -0.39 is 23.7 Å². The molecule has 42 heavy (non-hydrogen) atoms. The molecule has 1 aliphatic heterocycles. The lowest BCUT2D eigenvalue weighted by molar-refractivity contribution is -0.123. The minimum atomic E-state index is -0.668. The number of rotatable bonds is 5. The number of imide groups is 1. The third kappa shape index (κ3) is 4.01. The first kappa shape index (κ1) is 26.1. The largest absolute Gasteiger partial charge is 0.463 e. The molecule has 3 aliphatic carbocycles. The fraction of sp³-hybridized carbons (Fsp3) is 0.235. The Balaban J connectivity index is 1.24. The standard InChI is InChI=1S/C34H28N2O6/c1-18-15-27(38)26-16-25-23(30(31(26)32(18)39)28-14-11-22(17-37)42-28)12-13-24-29(25)34(41)36(33(24)40)21-9-7-20(8-10-21)35-19-5-3-2-4-6-19/h2-12,14-15,24-25,29-30,35,37H,13,16-17H2,1H3/t24-,25+,29-,30+/m0/s1. The number of para-hydroxylation sites is 1. The van der Waals surface area contributed by atoms with Gasteiger partial charge in [-0.3, -0.25) is 24.1 Å². The summed E-state index contributed by atoms with van der Waals surface area (Å²) in [4.78, 5) is 55.7. The second kappa shape index (κ2) is 9.92. The SMILES string of the molecule is CC1=CC(=O)C2=C(C1=O)[C@@H](c1ccc(CO)o1)C1=CC[C@@H]3C(=O)N(c4ccc(Nc5ccccc5)cc4)C(=O)[C@@H]3[C@@H]1C2. The van der Waals surface area contributed by atoms with E-state index in [0.29, 0.717) is 40.3 Å². The van der Waals surface area contributed by atoms with Gasteiger partial charge in [-0.25, -0.2) is 0 Å². The Morgan fingerprint density at radius 1 is 0.905 bits per heavy atom. The monoisotopic (exact) mass is 560 g/mol. The molecule has 1 fully saturated rings. The summed E-state index contributed by atoms with van der Waals surface area (Å²) < 4.78 is 5.92. The number of ketones is 2. The van der Waals surface area contributed by atoms with Crippen LogP contribution in [0, 0.1) is 17.8 Å². The minimum Gasteiger partial charge on any atom is -0.463 e. The molecule has 4 atom stereocenters. The zero-order chi connectivity index (χ0) is 29.1. The van der Waals surface area contributed by atoms with Gasteiger partial charge in [-0.1, -0.05) is 29.8 Å². The first-order valence-electron chi connectivity index (χ1n) is 14.1. The summed E-state index contributed by atoms with van der Waals surface area (Å²) in [7, 11) is 0. The molecule has 0 spiro atoms. The van der Waals surface area contributed by atoms with E-state index in [-0.39, 0.29) is 36.4 Å². The molecule has 3 aromatic rings. The van der Waals surface area contributed by atoms with Gasteiger partial charge in [0.25, 0.3) is 0 Å². The third-order valence-electron chi connectivity index (χ3n) is 8.88. The number of nitrogens with zero attached hydrogens (tertiary/aromatic N) is 1. The van der Waals surface area contributed by atoms with Crippen LogP contribution in [0.4, 0.5) is 17.1 Å². The average molecular weight is 561 g/mol. The number of nitrogens with one attached hydrogen (secondary N) is 1. The van der Waals surface area contributed by atoms with E-state index in [2.05, 4.69) is 5.32 Å². The van der Waals surface area contributed by atoms with Crippen molar-refractivity contribution in [3.8, 4) is 0 Å². The normalized spacial score (nSPS) is 25.1. The van der Waals surface area contributed by atoms with Gasteiger partial charge in [-0.15, -0.1) is 0 Å². The van der Waals surface area contributed by atoms with Crippen LogP contribution in [0.25, 0.3) is 0 Å². The highest BCUT2D eigenvalue weighted by atomic mass is 16.4. The summed E-state index contributed by atoms with van der Waals surface area (Å²) in [6.45, 7) is 1.32. The number of fused-ring (bicyclic) bond motifs is 3. The highest BCUT2D eigenvalue weighted by Gasteiger charge is 2.57. The number of benzene rings is 2. The Morgan fingerprint density at radius 2 is 1.64 bits per heavy atom. The van der Waals surface area contributed by atoms with Crippen molar-refractivity contribution >= 4 is 40.4 Å². The van der Waals surface area contributed by atoms with Crippen LogP contribution in [0.5, 0.6) is 0 Å². The summed E-state index contributed by atoms with van der Waals surface area (Å²) >= 11 is 0. The summed E-state index contributed by atoms with van der Waals surface area (Å²) in [5.74, 6) is -2.60. The molecule has 0 radical (unpaired) electrons. The van der Waals surface area contributed by atoms with Gasteiger partial charge in [0.15, 0.2) is 11.6 Å². The molecule has 8 nitrogen and oxygen atoms in total. The average Bonchev–Trinajstić information content (AvgIpc) is 3.58. The van der Waals surface area contributed by atoms with Gasteiger partial charge < -0.3 is 14.8 Å². The van der Waals surface area contributed by atoms with Crippen LogP contribution in [-0.4, -0.2) is 28.5 Å². The van der Waals surface area contributed by atoms with Gasteiger partial charge in [0, 0.05) is 28.1 Å². The molecule has 7 rings (SSSR count). The van der Waals surface area contributed by atoms with Crippen molar-refractivity contribution in [3.05, 3.63) is 113 Å². The summed E-state index contributed by atoms with van der Waals surface area (Å²) in [5, 5.41) is 12.9. The molecule has 1 aromatic heterocycles. The summed E-state index contributed by atoms with van der Waals surface area (Å²) in [6.07, 6.45) is 3.85. The second-order valence-corrected chi connectivity index (χ2v) is 11.2. The van der Waals surface area contributed by atoms with E-state index in [4.69, 9.17) is 4.42 Å². The summed E-state index contributed by atoms with van der Waals surface area (Å²) in [6, 6.07) is 20.2. The maximum atomic E-state index is 14.1. The van der Waals surface area contributed by atoms with Crippen molar-refractivity contribution in [2.75, 3.05) is 10.2 Å². The Hall–Kier alpha value is -4.82. The van der Waals surface area contributed by atoms with Crippen LogP contribution in [0.3, 0.4) is 0 Å². The highest BCUT2D eigenvalue weighted by Crippen LogP contribution is 2.55. The van der Waals surface area contributed by atoms with E-state index in [1.807, 2.05) is 48.5 Å². The minimum absolute atomic E-state index is 0.202.